The van der Waals surface area contributed by atoms with E-state index in [0.29, 0.717) is 24.2 Å². The van der Waals surface area contributed by atoms with Crippen molar-refractivity contribution in [1.29, 1.82) is 0 Å². The van der Waals surface area contributed by atoms with E-state index in [1.807, 2.05) is 43.3 Å². The first kappa shape index (κ1) is 24.8. The highest BCUT2D eigenvalue weighted by molar-refractivity contribution is 6.04. The Morgan fingerprint density at radius 3 is 2.60 bits per heavy atom. The third-order valence-electron chi connectivity index (χ3n) is 6.67. The Morgan fingerprint density at radius 2 is 1.91 bits per heavy atom. The van der Waals surface area contributed by atoms with E-state index in [1.54, 1.807) is 6.07 Å². The van der Waals surface area contributed by atoms with Crippen molar-refractivity contribution >= 4 is 17.4 Å². The van der Waals surface area contributed by atoms with Crippen LogP contribution in [0.2, 0.25) is 0 Å². The maximum Gasteiger partial charge on any atom is 0.389 e. The van der Waals surface area contributed by atoms with Crippen LogP contribution in [-0.2, 0) is 21.5 Å². The van der Waals surface area contributed by atoms with Crippen LogP contribution in [0.4, 0.5) is 13.2 Å². The molecule has 2 aromatic rings. The van der Waals surface area contributed by atoms with Crippen LogP contribution in [0.3, 0.4) is 0 Å². The minimum absolute atomic E-state index is 0.00695. The molecule has 0 saturated carbocycles. The fourth-order valence-electron chi connectivity index (χ4n) is 4.91. The van der Waals surface area contributed by atoms with Crippen LogP contribution >= 0.6 is 0 Å². The molecule has 2 aliphatic rings. The van der Waals surface area contributed by atoms with Crippen LogP contribution in [-0.4, -0.2) is 31.1 Å². The van der Waals surface area contributed by atoms with Crippen molar-refractivity contribution in [3.63, 3.8) is 0 Å². The second-order valence-electron chi connectivity index (χ2n) is 9.33. The number of carbonyl (C=O) groups is 2. The molecule has 0 bridgehead atoms. The van der Waals surface area contributed by atoms with E-state index in [-0.39, 0.29) is 31.4 Å². The number of nitrogens with one attached hydrogen (secondary N) is 2. The molecule has 0 radical (unpaired) electrons. The first-order chi connectivity index (χ1) is 16.6. The topological polar surface area (TPSA) is 67.4 Å². The highest BCUT2D eigenvalue weighted by Crippen LogP contribution is 2.47. The summed E-state index contributed by atoms with van der Waals surface area (Å²) in [6, 6.07) is 13.5. The lowest BCUT2D eigenvalue weighted by Crippen LogP contribution is -2.50. The van der Waals surface area contributed by atoms with Gasteiger partial charge in [0.15, 0.2) is 0 Å². The predicted octanol–water partition coefficient (Wildman–Crippen LogP) is 4.97. The van der Waals surface area contributed by atoms with Gasteiger partial charge < -0.3 is 15.4 Å². The van der Waals surface area contributed by atoms with E-state index in [0.717, 1.165) is 34.2 Å². The van der Waals surface area contributed by atoms with Gasteiger partial charge in [-0.1, -0.05) is 35.9 Å². The van der Waals surface area contributed by atoms with Crippen LogP contribution in [0.15, 0.2) is 48.0 Å². The molecule has 2 N–H and O–H groups in total. The van der Waals surface area contributed by atoms with Crippen LogP contribution in [0, 0.1) is 6.92 Å². The normalized spacial score (nSPS) is 19.5. The SMILES string of the molecule is CC(=O)NCC1=C(c2ccc(C)cc2)C[C@]2(CCc3cc(OCCCC(F)(F)F)ccc32)NC1=O. The number of alkyl halides is 3. The molecule has 1 heterocycles. The molecule has 2 aromatic carbocycles. The monoisotopic (exact) mass is 486 g/mol. The van der Waals surface area contributed by atoms with Crippen LogP contribution in [0.25, 0.3) is 5.57 Å². The van der Waals surface area contributed by atoms with Crippen LogP contribution in [0.5, 0.6) is 5.75 Å². The number of aryl methyl sites for hydroxylation is 2. The summed E-state index contributed by atoms with van der Waals surface area (Å²) >= 11 is 0. The molecule has 2 amide bonds. The van der Waals surface area contributed by atoms with Crippen molar-refractivity contribution in [2.45, 2.75) is 57.7 Å². The van der Waals surface area contributed by atoms with Gasteiger partial charge in [0.25, 0.3) is 0 Å². The van der Waals surface area contributed by atoms with Gasteiger partial charge in [-0.05, 0) is 60.6 Å². The Bertz CT molecular complexity index is 1160. The highest BCUT2D eigenvalue weighted by Gasteiger charge is 2.45. The van der Waals surface area contributed by atoms with Gasteiger partial charge in [-0.15, -0.1) is 0 Å². The fourth-order valence-corrected chi connectivity index (χ4v) is 4.91. The van der Waals surface area contributed by atoms with Gasteiger partial charge in [0.05, 0.1) is 12.1 Å². The number of hydrogen-bond donors (Lipinski definition) is 2. The number of fused-ring (bicyclic) bond motifs is 2. The fraction of sp³-hybridized carbons (Fsp3) is 0.407. The Hall–Kier alpha value is -3.29. The molecule has 5 nitrogen and oxygen atoms in total. The summed E-state index contributed by atoms with van der Waals surface area (Å²) in [6.07, 6.45) is -3.15. The second-order valence-corrected chi connectivity index (χ2v) is 9.33. The first-order valence-corrected chi connectivity index (χ1v) is 11.8. The van der Waals surface area contributed by atoms with Gasteiger partial charge >= 0.3 is 6.18 Å². The Morgan fingerprint density at radius 1 is 1.17 bits per heavy atom. The molecule has 186 valence electrons. The van der Waals surface area contributed by atoms with E-state index in [1.165, 1.54) is 6.92 Å². The molecule has 35 heavy (non-hydrogen) atoms. The van der Waals surface area contributed by atoms with Crippen molar-refractivity contribution in [3.8, 4) is 5.75 Å². The lowest BCUT2D eigenvalue weighted by Gasteiger charge is -2.38. The summed E-state index contributed by atoms with van der Waals surface area (Å²) in [6.45, 7) is 3.57. The number of rotatable bonds is 7. The minimum atomic E-state index is -4.19. The first-order valence-electron chi connectivity index (χ1n) is 11.8. The number of amides is 2. The lowest BCUT2D eigenvalue weighted by atomic mass is 9.78. The van der Waals surface area contributed by atoms with Crippen LogP contribution < -0.4 is 15.4 Å². The maximum absolute atomic E-state index is 13.3. The molecule has 1 atom stereocenters. The van der Waals surface area contributed by atoms with Crippen molar-refractivity contribution in [2.75, 3.05) is 13.2 Å². The van der Waals surface area contributed by atoms with Crippen LogP contribution in [0.1, 0.15) is 54.9 Å². The maximum atomic E-state index is 13.3. The van der Waals surface area contributed by atoms with E-state index in [9.17, 15) is 22.8 Å². The molecule has 1 aliphatic carbocycles. The molecule has 1 spiro atoms. The number of carbonyl (C=O) groups excluding carboxylic acids is 2. The van der Waals surface area contributed by atoms with Crippen molar-refractivity contribution in [1.82, 2.24) is 10.6 Å². The molecule has 0 fully saturated rings. The van der Waals surface area contributed by atoms with E-state index in [2.05, 4.69) is 10.6 Å². The van der Waals surface area contributed by atoms with Gasteiger partial charge in [0.2, 0.25) is 11.8 Å². The molecule has 0 saturated heterocycles. The number of benzene rings is 2. The van der Waals surface area contributed by atoms with Gasteiger partial charge in [0, 0.05) is 31.9 Å². The van der Waals surface area contributed by atoms with Gasteiger partial charge in [0.1, 0.15) is 5.75 Å². The van der Waals surface area contributed by atoms with Crippen molar-refractivity contribution < 1.29 is 27.5 Å². The molecule has 4 rings (SSSR count). The standard InChI is InChI=1S/C27H29F3N2O3/c1-17-4-6-19(7-5-17)22-15-26(32-25(34)23(22)16-31-18(2)33)12-10-20-14-21(8-9-24(20)26)35-13-3-11-27(28,29)30/h4-9,14H,3,10-13,15-16H2,1-2H3,(H,31,33)(H,32,34)/t26-/m0/s1. The third kappa shape index (κ3) is 5.69. The summed E-state index contributed by atoms with van der Waals surface area (Å²) in [5.41, 5.74) is 4.95. The molecule has 0 unspecified atom stereocenters. The number of hydrogen-bond acceptors (Lipinski definition) is 3. The summed E-state index contributed by atoms with van der Waals surface area (Å²) < 4.78 is 42.7. The van der Waals surface area contributed by atoms with E-state index < -0.39 is 18.1 Å². The summed E-state index contributed by atoms with van der Waals surface area (Å²) in [5.74, 6) is 0.120. The highest BCUT2D eigenvalue weighted by atomic mass is 19.4. The number of halogens is 3. The largest absolute Gasteiger partial charge is 0.494 e. The molecular formula is C27H29F3N2O3. The average molecular weight is 487 g/mol. The molecule has 8 heteroatoms. The second kappa shape index (κ2) is 9.76. The zero-order valence-corrected chi connectivity index (χ0v) is 19.8. The van der Waals surface area contributed by atoms with Gasteiger partial charge in [-0.2, -0.15) is 13.2 Å². The zero-order valence-electron chi connectivity index (χ0n) is 19.8. The number of ether oxygens (including phenoxy) is 1. The summed E-state index contributed by atoms with van der Waals surface area (Å²) in [7, 11) is 0. The molecule has 1 aliphatic heterocycles. The molecule has 0 aromatic heterocycles. The average Bonchev–Trinajstić information content (AvgIpc) is 3.12. The Labute approximate surface area is 202 Å². The van der Waals surface area contributed by atoms with Crippen molar-refractivity contribution in [2.24, 2.45) is 0 Å². The minimum Gasteiger partial charge on any atom is -0.494 e. The lowest BCUT2D eigenvalue weighted by molar-refractivity contribution is -0.136. The summed E-state index contributed by atoms with van der Waals surface area (Å²) in [4.78, 5) is 24.9. The Kier molecular flexibility index (Phi) is 6.92. The predicted molar refractivity (Wildman–Crippen MR) is 127 cm³/mol. The zero-order chi connectivity index (χ0) is 25.2. The smallest absolute Gasteiger partial charge is 0.389 e. The third-order valence-corrected chi connectivity index (χ3v) is 6.67. The van der Waals surface area contributed by atoms with Crippen molar-refractivity contribution in [3.05, 3.63) is 70.3 Å². The Balaban J connectivity index is 1.59. The van der Waals surface area contributed by atoms with E-state index >= 15 is 0 Å². The molecular weight excluding hydrogens is 457 g/mol. The van der Waals surface area contributed by atoms with Gasteiger partial charge in [-0.3, -0.25) is 9.59 Å². The van der Waals surface area contributed by atoms with E-state index in [4.69, 9.17) is 4.74 Å². The van der Waals surface area contributed by atoms with Gasteiger partial charge in [-0.25, -0.2) is 0 Å². The quantitative estimate of drug-likeness (QED) is 0.544. The summed E-state index contributed by atoms with van der Waals surface area (Å²) in [5, 5.41) is 5.96.